The second-order valence-electron chi connectivity index (χ2n) is 5.73. The first-order valence-corrected chi connectivity index (χ1v) is 9.77. The van der Waals surface area contributed by atoms with Gasteiger partial charge in [-0.15, -0.1) is 0 Å². The normalized spacial score (nSPS) is 20.1. The third kappa shape index (κ3) is 5.76. The summed E-state index contributed by atoms with van der Waals surface area (Å²) in [7, 11) is -5.13. The van der Waals surface area contributed by atoms with E-state index >= 15 is 0 Å². The van der Waals surface area contributed by atoms with Crippen molar-refractivity contribution in [1.82, 2.24) is 0 Å². The zero-order valence-corrected chi connectivity index (χ0v) is 16.4. The second-order valence-corrected chi connectivity index (χ2v) is 7.01. The molecule has 1 aliphatic heterocycles. The fourth-order valence-corrected chi connectivity index (χ4v) is 3.21. The topological polar surface area (TPSA) is 130 Å². The van der Waals surface area contributed by atoms with Crippen molar-refractivity contribution in [3.8, 4) is 0 Å². The lowest BCUT2D eigenvalue weighted by molar-refractivity contribution is -0.191. The van der Waals surface area contributed by atoms with Crippen molar-refractivity contribution in [1.29, 1.82) is 0 Å². The summed E-state index contributed by atoms with van der Waals surface area (Å²) in [6.45, 7) is 1.92. The first kappa shape index (κ1) is 18.5. The minimum atomic E-state index is -5.13. The van der Waals surface area contributed by atoms with Crippen LogP contribution >= 0.6 is 0 Å². The number of rotatable bonds is 6. The molecule has 3 rings (SSSR count). The number of benzene rings is 2. The van der Waals surface area contributed by atoms with Crippen LogP contribution in [-0.4, -0.2) is 20.4 Å². The number of ketones is 1. The maximum absolute atomic E-state index is 13.1. The minimum absolute atomic E-state index is 0.102. The van der Waals surface area contributed by atoms with Gasteiger partial charge in [0.15, 0.2) is 6.08 Å². The van der Waals surface area contributed by atoms with E-state index in [2.05, 4.69) is 0 Å². The number of halogens is 1. The lowest BCUT2D eigenvalue weighted by Crippen LogP contribution is -2.16. The summed E-state index contributed by atoms with van der Waals surface area (Å²) >= 11 is 0. The van der Waals surface area contributed by atoms with E-state index in [1.807, 2.05) is 6.92 Å². The van der Waals surface area contributed by atoms with Crippen molar-refractivity contribution >= 4 is 22.1 Å². The lowest BCUT2D eigenvalue weighted by Gasteiger charge is -2.10. The van der Waals surface area contributed by atoms with Crippen LogP contribution in [0, 0.1) is 5.82 Å². The van der Waals surface area contributed by atoms with Gasteiger partial charge in [-0.05, 0) is 29.7 Å². The molecule has 1 aliphatic rings. The first-order chi connectivity index (χ1) is 15.3. The molecule has 1 atom stereocenters. The number of ether oxygens (including phenoxy) is 1. The smallest absolute Gasteiger partial charge is 0.373 e. The van der Waals surface area contributed by atoms with Crippen LogP contribution in [0.4, 0.5) is 4.39 Å². The molecule has 0 spiro atoms. The van der Waals surface area contributed by atoms with Crippen LogP contribution in [-0.2, 0) is 45.5 Å². The van der Waals surface area contributed by atoms with Gasteiger partial charge >= 0.3 is 16.3 Å². The van der Waals surface area contributed by atoms with Crippen LogP contribution in [0.5, 0.6) is 0 Å². The average molecular weight is 438 g/mol. The summed E-state index contributed by atoms with van der Waals surface area (Å²) in [5, 5.41) is 0. The van der Waals surface area contributed by atoms with Crippen molar-refractivity contribution in [3.63, 3.8) is 0 Å². The molecule has 2 aromatic carbocycles. The molecule has 0 fully saturated rings. The fraction of sp³-hybridized carbons (Fsp3) is 0.200. The molecule has 0 saturated carbocycles. The monoisotopic (exact) mass is 438 g/mol. The second kappa shape index (κ2) is 9.82. The number of carbonyl (C=O) groups is 1. The maximum atomic E-state index is 13.1. The van der Waals surface area contributed by atoms with Crippen LogP contribution in [0.1, 0.15) is 33.8 Å². The Morgan fingerprint density at radius 3 is 2.23 bits per heavy atom. The van der Waals surface area contributed by atoms with Crippen LogP contribution in [0.25, 0.3) is 0 Å². The molecule has 2 aromatic rings. The molecule has 0 amide bonds. The van der Waals surface area contributed by atoms with Gasteiger partial charge in [-0.1, -0.05) is 43.3 Å². The van der Waals surface area contributed by atoms with Crippen molar-refractivity contribution in [2.75, 3.05) is 0 Å². The van der Waals surface area contributed by atoms with Gasteiger partial charge in [0.2, 0.25) is 17.4 Å². The Kier molecular flexibility index (Phi) is 6.06. The van der Waals surface area contributed by atoms with Crippen LogP contribution in [0.3, 0.4) is 0 Å². The van der Waals surface area contributed by atoms with E-state index in [1.54, 1.807) is 12.1 Å². The van der Waals surface area contributed by atoms with Gasteiger partial charge in [-0.25, -0.2) is 4.39 Å². The molecule has 1 heterocycles. The van der Waals surface area contributed by atoms with Crippen LogP contribution in [0.2, 0.25) is 0 Å². The summed E-state index contributed by atoms with van der Waals surface area (Å²) in [4.78, 5) is 29.0. The van der Waals surface area contributed by atoms with Gasteiger partial charge in [-0.3, -0.25) is 4.79 Å². The largest absolute Gasteiger partial charge is 0.460 e. The molecule has 30 heavy (non-hydrogen) atoms. The first-order valence-electron chi connectivity index (χ1n) is 9.86. The molecule has 0 aromatic heterocycles. The molecular formula is C20H18FNO7S. The Balaban J connectivity index is 0.00000122. The van der Waals surface area contributed by atoms with Crippen molar-refractivity contribution in [2.45, 2.75) is 25.1 Å². The standard InChI is InChI=1S/C19H18FNO5S.CO2/c1-2-12-3-7-14(8-4-12)17-16(22)18(19(21)25-17)26-27(23,24)11-13-5-9-15(20)10-6-13;2-1-3/h3-10,17H,2,11,21H2,1H3;/i11D2,17D;. The minimum Gasteiger partial charge on any atom is -0.460 e. The number of carbonyl (C=O) groups excluding carboxylic acids is 3. The lowest BCUT2D eigenvalue weighted by atomic mass is 10.0. The number of Topliss-reactive ketones (excluding diaryl/α,β-unsaturated/α-hetero) is 1. The van der Waals surface area contributed by atoms with Crippen molar-refractivity contribution in [2.24, 2.45) is 5.73 Å². The molecule has 0 bridgehead atoms. The molecule has 0 saturated heterocycles. The fourth-order valence-electron chi connectivity index (χ4n) is 2.37. The number of hydrogen-bond donors (Lipinski definition) is 1. The predicted octanol–water partition coefficient (Wildman–Crippen LogP) is 2.12. The highest BCUT2D eigenvalue weighted by Gasteiger charge is 2.39. The van der Waals surface area contributed by atoms with Gasteiger partial charge in [0.25, 0.3) is 0 Å². The molecule has 0 radical (unpaired) electrons. The molecule has 158 valence electrons. The highest BCUT2D eigenvalue weighted by Crippen LogP contribution is 2.32. The van der Waals surface area contributed by atoms with E-state index in [4.69, 9.17) is 28.4 Å². The third-order valence-corrected chi connectivity index (χ3v) is 4.62. The summed E-state index contributed by atoms with van der Waals surface area (Å²) in [5.41, 5.74) is 3.10. The molecule has 10 heteroatoms. The van der Waals surface area contributed by atoms with Crippen LogP contribution < -0.4 is 5.73 Å². The summed E-state index contributed by atoms with van der Waals surface area (Å²) in [5.74, 6) is -3.63. The molecule has 8 nitrogen and oxygen atoms in total. The van der Waals surface area contributed by atoms with E-state index in [0.717, 1.165) is 36.2 Å². The van der Waals surface area contributed by atoms with Gasteiger partial charge in [0.05, 0.1) is 4.11 Å². The Morgan fingerprint density at radius 1 is 1.17 bits per heavy atom. The van der Waals surface area contributed by atoms with Gasteiger partial charge in [0, 0.05) is 5.56 Å². The SMILES string of the molecule is O=C=O.[2H]C1(c2ccc(CC)cc2)OC(N)=C(OS(=O)(=O)C([2H])([2H])c2ccc(F)cc2)C1=O. The maximum Gasteiger partial charge on any atom is 0.373 e. The average Bonchev–Trinajstić information content (AvgIpc) is 2.98. The number of aryl methyl sites for hydroxylation is 1. The molecule has 0 aliphatic carbocycles. The van der Waals surface area contributed by atoms with E-state index in [-0.39, 0.29) is 11.7 Å². The quantitative estimate of drug-likeness (QED) is 0.679. The molecule has 2 N–H and O–H groups in total. The van der Waals surface area contributed by atoms with E-state index in [0.29, 0.717) is 0 Å². The predicted molar refractivity (Wildman–Crippen MR) is 101 cm³/mol. The Morgan fingerprint density at radius 2 is 1.70 bits per heavy atom. The number of nitrogens with two attached hydrogens (primary N) is 1. The summed E-state index contributed by atoms with van der Waals surface area (Å²) in [6.07, 6.45) is -1.39. The molecule has 1 unspecified atom stereocenters. The Bertz CT molecular complexity index is 1210. The molecular weight excluding hydrogens is 417 g/mol. The third-order valence-electron chi connectivity index (χ3n) is 3.75. The highest BCUT2D eigenvalue weighted by atomic mass is 32.2. The van der Waals surface area contributed by atoms with E-state index in [9.17, 15) is 17.6 Å². The summed E-state index contributed by atoms with van der Waals surface area (Å²) < 4.78 is 72.2. The highest BCUT2D eigenvalue weighted by molar-refractivity contribution is 7.86. The zero-order chi connectivity index (χ0) is 25.0. The zero-order valence-electron chi connectivity index (χ0n) is 18.5. The number of hydrogen-bond acceptors (Lipinski definition) is 8. The van der Waals surface area contributed by atoms with Crippen molar-refractivity contribution < 1.29 is 40.2 Å². The van der Waals surface area contributed by atoms with Gasteiger partial charge < -0.3 is 14.7 Å². The summed E-state index contributed by atoms with van der Waals surface area (Å²) in [6, 6.07) is 9.96. The van der Waals surface area contributed by atoms with Crippen molar-refractivity contribution in [3.05, 3.63) is 82.7 Å². The van der Waals surface area contributed by atoms with Gasteiger partial charge in [0.1, 0.15) is 11.5 Å². The Hall–Kier alpha value is -3.49. The van der Waals surface area contributed by atoms with E-state index < -0.39 is 50.7 Å². The van der Waals surface area contributed by atoms with Gasteiger partial charge in [-0.2, -0.15) is 18.0 Å². The van der Waals surface area contributed by atoms with Crippen LogP contribution in [0.15, 0.2) is 60.2 Å². The Labute approximate surface area is 176 Å². The van der Waals surface area contributed by atoms with E-state index in [1.165, 1.54) is 12.1 Å².